The van der Waals surface area contributed by atoms with Crippen LogP contribution in [0.3, 0.4) is 0 Å². The first kappa shape index (κ1) is 23.1. The molecule has 29 heavy (non-hydrogen) atoms. The molecule has 7 heteroatoms. The number of ether oxygens (including phenoxy) is 1. The zero-order chi connectivity index (χ0) is 19.6. The number of benzene rings is 2. The zero-order valence-electron chi connectivity index (χ0n) is 17.2. The van der Waals surface area contributed by atoms with E-state index in [9.17, 15) is 0 Å². The van der Waals surface area contributed by atoms with E-state index < -0.39 is 0 Å². The molecule has 0 radical (unpaired) electrons. The van der Waals surface area contributed by atoms with Crippen molar-refractivity contribution in [2.24, 2.45) is 4.99 Å². The number of hydrogen-bond donors (Lipinski definition) is 3. The monoisotopic (exact) mass is 509 g/mol. The summed E-state index contributed by atoms with van der Waals surface area (Å²) in [4.78, 5) is 6.74. The van der Waals surface area contributed by atoms with E-state index in [0.29, 0.717) is 6.04 Å². The first-order valence-corrected chi connectivity index (χ1v) is 9.94. The number of nitrogens with one attached hydrogen (secondary N) is 3. The number of nitrogens with zero attached hydrogens (tertiary/aromatic N) is 2. The molecule has 2 aromatic rings. The molecule has 2 aromatic carbocycles. The Hall–Kier alpha value is -2.16. The van der Waals surface area contributed by atoms with E-state index in [1.54, 1.807) is 7.11 Å². The molecule has 1 aliphatic heterocycles. The first-order valence-electron chi connectivity index (χ1n) is 9.94. The summed E-state index contributed by atoms with van der Waals surface area (Å²) in [6.45, 7) is 3.76. The Morgan fingerprint density at radius 1 is 1.10 bits per heavy atom. The van der Waals surface area contributed by atoms with Gasteiger partial charge in [-0.3, -0.25) is 4.99 Å². The van der Waals surface area contributed by atoms with Crippen LogP contribution >= 0.6 is 24.0 Å². The predicted molar refractivity (Wildman–Crippen MR) is 133 cm³/mol. The van der Waals surface area contributed by atoms with Gasteiger partial charge < -0.3 is 25.6 Å². The van der Waals surface area contributed by atoms with E-state index in [1.165, 1.54) is 0 Å². The molecule has 0 amide bonds. The van der Waals surface area contributed by atoms with E-state index in [1.807, 2.05) is 37.4 Å². The highest BCUT2D eigenvalue weighted by atomic mass is 127. The maximum atomic E-state index is 5.50. The van der Waals surface area contributed by atoms with Crippen molar-refractivity contribution < 1.29 is 4.74 Å². The molecule has 6 nitrogen and oxygen atoms in total. The summed E-state index contributed by atoms with van der Waals surface area (Å²) in [6.07, 6.45) is 2.10. The fourth-order valence-corrected chi connectivity index (χ4v) is 3.46. The van der Waals surface area contributed by atoms with Crippen LogP contribution < -0.4 is 25.6 Å². The molecule has 3 N–H and O–H groups in total. The second kappa shape index (κ2) is 12.4. The summed E-state index contributed by atoms with van der Waals surface area (Å²) in [7, 11) is 3.55. The minimum absolute atomic E-state index is 0. The molecule has 1 unspecified atom stereocenters. The van der Waals surface area contributed by atoms with Crippen LogP contribution in [0.25, 0.3) is 0 Å². The second-order valence-corrected chi connectivity index (χ2v) is 6.89. The summed E-state index contributed by atoms with van der Waals surface area (Å²) >= 11 is 0. The Kier molecular flexibility index (Phi) is 9.90. The molecule has 0 aliphatic carbocycles. The Balaban J connectivity index is 0.00000300. The smallest absolute Gasteiger partial charge is 0.191 e. The van der Waals surface area contributed by atoms with Gasteiger partial charge >= 0.3 is 0 Å². The highest BCUT2D eigenvalue weighted by Gasteiger charge is 2.25. The van der Waals surface area contributed by atoms with Crippen LogP contribution in [-0.4, -0.2) is 52.3 Å². The number of rotatable bonds is 8. The molecular formula is C22H32IN5O. The molecule has 1 heterocycles. The fraction of sp³-hybridized carbons (Fsp3) is 0.409. The lowest BCUT2D eigenvalue weighted by Gasteiger charge is -2.22. The average molecular weight is 509 g/mol. The lowest BCUT2D eigenvalue weighted by atomic mass is 10.2. The summed E-state index contributed by atoms with van der Waals surface area (Å²) in [6, 6.07) is 18.9. The molecule has 0 bridgehead atoms. The minimum Gasteiger partial charge on any atom is -0.495 e. The molecule has 1 aliphatic rings. The molecule has 1 atom stereocenters. The van der Waals surface area contributed by atoms with Crippen LogP contribution in [0.15, 0.2) is 59.6 Å². The van der Waals surface area contributed by atoms with Crippen LogP contribution in [0.2, 0.25) is 0 Å². The van der Waals surface area contributed by atoms with E-state index in [2.05, 4.69) is 50.1 Å². The molecule has 1 saturated heterocycles. The van der Waals surface area contributed by atoms with E-state index >= 15 is 0 Å². The highest BCUT2D eigenvalue weighted by molar-refractivity contribution is 14.0. The standard InChI is InChI=1S/C22H31N5O.HI/c1-23-22(25-15-8-14-24-18-9-4-3-5-10-18)26-19-13-16-27(17-19)20-11-6-7-12-21(20)28-2;/h3-7,9-12,19,24H,8,13-17H2,1-2H3,(H2,23,25,26);1H. The van der Waals surface area contributed by atoms with E-state index in [-0.39, 0.29) is 24.0 Å². The number of para-hydroxylation sites is 3. The molecule has 0 spiro atoms. The zero-order valence-corrected chi connectivity index (χ0v) is 19.6. The van der Waals surface area contributed by atoms with Crippen molar-refractivity contribution in [3.05, 3.63) is 54.6 Å². The molecular weight excluding hydrogens is 477 g/mol. The van der Waals surface area contributed by atoms with Gasteiger partial charge in [0.2, 0.25) is 0 Å². The van der Waals surface area contributed by atoms with Crippen LogP contribution in [0.5, 0.6) is 5.75 Å². The number of halogens is 1. The van der Waals surface area contributed by atoms with Gasteiger partial charge in [0.1, 0.15) is 5.75 Å². The highest BCUT2D eigenvalue weighted by Crippen LogP contribution is 2.30. The maximum Gasteiger partial charge on any atom is 0.191 e. The van der Waals surface area contributed by atoms with Gasteiger partial charge in [-0.15, -0.1) is 24.0 Å². The first-order chi connectivity index (χ1) is 13.8. The molecule has 0 aromatic heterocycles. The Morgan fingerprint density at radius 3 is 2.62 bits per heavy atom. The third-order valence-corrected chi connectivity index (χ3v) is 4.93. The van der Waals surface area contributed by atoms with E-state index in [0.717, 1.165) is 62.1 Å². The van der Waals surface area contributed by atoms with Gasteiger partial charge in [-0.2, -0.15) is 0 Å². The van der Waals surface area contributed by atoms with Gasteiger partial charge in [-0.25, -0.2) is 0 Å². The molecule has 1 fully saturated rings. The van der Waals surface area contributed by atoms with Crippen LogP contribution in [0, 0.1) is 0 Å². The van der Waals surface area contributed by atoms with Crippen molar-refractivity contribution in [2.75, 3.05) is 50.6 Å². The number of anilines is 2. The Bertz CT molecular complexity index is 756. The van der Waals surface area contributed by atoms with Crippen molar-refractivity contribution in [1.29, 1.82) is 0 Å². The Labute approximate surface area is 191 Å². The van der Waals surface area contributed by atoms with Gasteiger partial charge in [0.15, 0.2) is 5.96 Å². The summed E-state index contributed by atoms with van der Waals surface area (Å²) in [5, 5.41) is 10.4. The summed E-state index contributed by atoms with van der Waals surface area (Å²) in [5.74, 6) is 1.79. The third-order valence-electron chi connectivity index (χ3n) is 4.93. The lowest BCUT2D eigenvalue weighted by molar-refractivity contribution is 0.415. The van der Waals surface area contributed by atoms with Crippen molar-refractivity contribution in [1.82, 2.24) is 10.6 Å². The lowest BCUT2D eigenvalue weighted by Crippen LogP contribution is -2.45. The summed E-state index contributed by atoms with van der Waals surface area (Å²) < 4.78 is 5.50. The number of hydrogen-bond acceptors (Lipinski definition) is 4. The van der Waals surface area contributed by atoms with Crippen molar-refractivity contribution in [3.8, 4) is 5.75 Å². The predicted octanol–water partition coefficient (Wildman–Crippen LogP) is 3.56. The van der Waals surface area contributed by atoms with Crippen LogP contribution in [0.4, 0.5) is 11.4 Å². The quantitative estimate of drug-likeness (QED) is 0.220. The molecule has 0 saturated carbocycles. The topological polar surface area (TPSA) is 60.9 Å². The fourth-order valence-electron chi connectivity index (χ4n) is 3.46. The second-order valence-electron chi connectivity index (χ2n) is 6.89. The van der Waals surface area contributed by atoms with Gasteiger partial charge in [-0.05, 0) is 37.1 Å². The average Bonchev–Trinajstić information content (AvgIpc) is 3.21. The van der Waals surface area contributed by atoms with Gasteiger partial charge in [0.25, 0.3) is 0 Å². The number of guanidine groups is 1. The van der Waals surface area contributed by atoms with Crippen molar-refractivity contribution >= 4 is 41.3 Å². The maximum absolute atomic E-state index is 5.50. The van der Waals surface area contributed by atoms with Crippen LogP contribution in [0.1, 0.15) is 12.8 Å². The van der Waals surface area contributed by atoms with Crippen molar-refractivity contribution in [3.63, 3.8) is 0 Å². The SMILES string of the molecule is CN=C(NCCCNc1ccccc1)NC1CCN(c2ccccc2OC)C1.I. The molecule has 158 valence electrons. The minimum atomic E-state index is 0. The van der Waals surface area contributed by atoms with Crippen LogP contribution in [-0.2, 0) is 0 Å². The normalized spacial score (nSPS) is 16.1. The summed E-state index contributed by atoms with van der Waals surface area (Å²) in [5.41, 5.74) is 2.32. The largest absolute Gasteiger partial charge is 0.495 e. The molecule has 3 rings (SSSR count). The number of methoxy groups -OCH3 is 1. The number of aliphatic imine (C=N–C) groups is 1. The third kappa shape index (κ3) is 6.99. The van der Waals surface area contributed by atoms with Crippen molar-refractivity contribution in [2.45, 2.75) is 18.9 Å². The Morgan fingerprint density at radius 2 is 1.86 bits per heavy atom. The van der Waals surface area contributed by atoms with E-state index in [4.69, 9.17) is 4.74 Å². The van der Waals surface area contributed by atoms with Gasteiger partial charge in [0, 0.05) is 45.0 Å². The van der Waals surface area contributed by atoms with Gasteiger partial charge in [0.05, 0.1) is 12.8 Å². The van der Waals surface area contributed by atoms with Gasteiger partial charge in [-0.1, -0.05) is 30.3 Å².